The van der Waals surface area contributed by atoms with Gasteiger partial charge in [-0.2, -0.15) is 5.10 Å². The number of carbonyl (C=O) groups excluding carboxylic acids is 2. The minimum Gasteiger partial charge on any atom is -0.497 e. The largest absolute Gasteiger partial charge is 0.497 e. The van der Waals surface area contributed by atoms with Crippen molar-refractivity contribution >= 4 is 17.5 Å². The highest BCUT2D eigenvalue weighted by atomic mass is 19.1. The van der Waals surface area contributed by atoms with Crippen molar-refractivity contribution in [2.45, 2.75) is 32.5 Å². The predicted molar refractivity (Wildman–Crippen MR) is 120 cm³/mol. The molecule has 1 aromatic heterocycles. The number of nitrogens with one attached hydrogen (secondary N) is 1. The molecule has 0 spiro atoms. The highest BCUT2D eigenvalue weighted by Gasteiger charge is 2.49. The Morgan fingerprint density at radius 1 is 1.15 bits per heavy atom. The lowest BCUT2D eigenvalue weighted by atomic mass is 9.93. The molecule has 0 bridgehead atoms. The van der Waals surface area contributed by atoms with Gasteiger partial charge in [-0.15, -0.1) is 0 Å². The lowest BCUT2D eigenvalue weighted by molar-refractivity contribution is -0.126. The number of amides is 2. The number of rotatable bonds is 6. The molecule has 9 heteroatoms. The Morgan fingerprint density at radius 3 is 2.55 bits per heavy atom. The number of nitrogens with zero attached hydrogens (tertiary/aromatic N) is 3. The van der Waals surface area contributed by atoms with Gasteiger partial charge >= 0.3 is 0 Å². The SMILES string of the molecule is COc1ccc(N2C(=O)c3cc(C)nn3CC2(C)C(=O)NCc2ccc(F)cc2)c(OC)c1. The molecule has 1 atom stereocenters. The Labute approximate surface area is 190 Å². The second-order valence-corrected chi connectivity index (χ2v) is 8.09. The van der Waals surface area contributed by atoms with Gasteiger partial charge in [-0.3, -0.25) is 19.2 Å². The van der Waals surface area contributed by atoms with Crippen molar-refractivity contribution in [1.29, 1.82) is 0 Å². The van der Waals surface area contributed by atoms with Crippen LogP contribution < -0.4 is 19.7 Å². The van der Waals surface area contributed by atoms with Crippen LogP contribution in [-0.4, -0.2) is 41.4 Å². The molecule has 1 aliphatic heterocycles. The average molecular weight is 452 g/mol. The van der Waals surface area contributed by atoms with Gasteiger partial charge in [0.2, 0.25) is 5.91 Å². The summed E-state index contributed by atoms with van der Waals surface area (Å²) >= 11 is 0. The molecule has 2 aromatic carbocycles. The fourth-order valence-corrected chi connectivity index (χ4v) is 4.03. The first-order valence-electron chi connectivity index (χ1n) is 10.4. The van der Waals surface area contributed by atoms with Gasteiger partial charge in [0.05, 0.1) is 32.1 Å². The van der Waals surface area contributed by atoms with E-state index in [4.69, 9.17) is 9.47 Å². The molecular weight excluding hydrogens is 427 g/mol. The first-order chi connectivity index (χ1) is 15.8. The second kappa shape index (κ2) is 8.57. The molecule has 2 amide bonds. The summed E-state index contributed by atoms with van der Waals surface area (Å²) in [5.74, 6) is -0.149. The van der Waals surface area contributed by atoms with E-state index >= 15 is 0 Å². The second-order valence-electron chi connectivity index (χ2n) is 8.09. The molecule has 1 unspecified atom stereocenters. The van der Waals surface area contributed by atoms with E-state index < -0.39 is 5.54 Å². The summed E-state index contributed by atoms with van der Waals surface area (Å²) in [6, 6.07) is 12.6. The van der Waals surface area contributed by atoms with E-state index in [0.717, 1.165) is 5.56 Å². The maximum absolute atomic E-state index is 13.6. The summed E-state index contributed by atoms with van der Waals surface area (Å²) in [6.45, 7) is 3.81. The summed E-state index contributed by atoms with van der Waals surface area (Å²) in [4.78, 5) is 28.6. The molecule has 172 valence electrons. The number of ether oxygens (including phenoxy) is 2. The number of aromatic nitrogens is 2. The maximum atomic E-state index is 13.6. The number of halogens is 1. The third kappa shape index (κ3) is 4.02. The number of anilines is 1. The van der Waals surface area contributed by atoms with Crippen LogP contribution in [0.15, 0.2) is 48.5 Å². The quantitative estimate of drug-likeness (QED) is 0.621. The highest BCUT2D eigenvalue weighted by molar-refractivity contribution is 6.12. The zero-order valence-electron chi connectivity index (χ0n) is 18.9. The molecule has 1 N–H and O–H groups in total. The average Bonchev–Trinajstić information content (AvgIpc) is 3.18. The van der Waals surface area contributed by atoms with E-state index in [2.05, 4.69) is 10.4 Å². The standard InChI is InChI=1S/C24H25FN4O4/c1-15-11-20-22(30)29(19-10-9-18(32-3)12-21(19)33-4)24(2,14-28(20)27-15)23(31)26-13-16-5-7-17(25)8-6-16/h5-12H,13-14H2,1-4H3,(H,26,31). The Balaban J connectivity index is 1.75. The molecule has 0 saturated carbocycles. The van der Waals surface area contributed by atoms with Crippen molar-refractivity contribution in [3.8, 4) is 11.5 Å². The van der Waals surface area contributed by atoms with Crippen LogP contribution in [-0.2, 0) is 17.9 Å². The van der Waals surface area contributed by atoms with Gasteiger partial charge < -0.3 is 14.8 Å². The molecule has 8 nitrogen and oxygen atoms in total. The lowest BCUT2D eigenvalue weighted by Gasteiger charge is -2.43. The molecule has 0 radical (unpaired) electrons. The van der Waals surface area contributed by atoms with Crippen LogP contribution in [0.4, 0.5) is 10.1 Å². The van der Waals surface area contributed by atoms with Crippen molar-refractivity contribution in [3.63, 3.8) is 0 Å². The third-order valence-electron chi connectivity index (χ3n) is 5.76. The Hall–Kier alpha value is -3.88. The summed E-state index contributed by atoms with van der Waals surface area (Å²) < 4.78 is 25.6. The first kappa shape index (κ1) is 22.3. The summed E-state index contributed by atoms with van der Waals surface area (Å²) in [7, 11) is 3.03. The molecule has 1 aliphatic rings. The fraction of sp³-hybridized carbons (Fsp3) is 0.292. The molecule has 33 heavy (non-hydrogen) atoms. The normalized spacial score (nSPS) is 17.5. The maximum Gasteiger partial charge on any atom is 0.277 e. The predicted octanol–water partition coefficient (Wildman–Crippen LogP) is 3.08. The van der Waals surface area contributed by atoms with Gasteiger partial charge in [-0.1, -0.05) is 12.1 Å². The molecule has 4 rings (SSSR count). The number of fused-ring (bicyclic) bond motifs is 1. The van der Waals surface area contributed by atoms with Crippen molar-refractivity contribution in [1.82, 2.24) is 15.1 Å². The van der Waals surface area contributed by atoms with Crippen LogP contribution in [0.1, 0.15) is 28.7 Å². The number of hydrogen-bond donors (Lipinski definition) is 1. The molecule has 2 heterocycles. The number of carbonyl (C=O) groups is 2. The molecule has 0 saturated heterocycles. The van der Waals surface area contributed by atoms with Gasteiger partial charge in [-0.05, 0) is 49.7 Å². The van der Waals surface area contributed by atoms with Crippen LogP contribution in [0.2, 0.25) is 0 Å². The summed E-state index contributed by atoms with van der Waals surface area (Å²) in [6.07, 6.45) is 0. The zero-order valence-corrected chi connectivity index (χ0v) is 18.9. The monoisotopic (exact) mass is 452 g/mol. The van der Waals surface area contributed by atoms with Crippen LogP contribution in [0, 0.1) is 12.7 Å². The number of hydrogen-bond acceptors (Lipinski definition) is 5. The minimum atomic E-state index is -1.32. The van der Waals surface area contributed by atoms with E-state index in [0.29, 0.717) is 28.6 Å². The van der Waals surface area contributed by atoms with Gasteiger partial charge in [0.15, 0.2) is 0 Å². The van der Waals surface area contributed by atoms with E-state index in [1.807, 2.05) is 0 Å². The summed E-state index contributed by atoms with van der Waals surface area (Å²) in [5, 5.41) is 7.29. The molecule has 3 aromatic rings. The Morgan fingerprint density at radius 2 is 1.88 bits per heavy atom. The minimum absolute atomic E-state index is 0.145. The van der Waals surface area contributed by atoms with Gasteiger partial charge in [0, 0.05) is 12.6 Å². The van der Waals surface area contributed by atoms with E-state index in [9.17, 15) is 14.0 Å². The zero-order chi connectivity index (χ0) is 23.8. The van der Waals surface area contributed by atoms with Crippen LogP contribution in [0.25, 0.3) is 0 Å². The molecule has 0 aliphatic carbocycles. The van der Waals surface area contributed by atoms with E-state index in [-0.39, 0.29) is 30.7 Å². The Bertz CT molecular complexity index is 1210. The van der Waals surface area contributed by atoms with E-state index in [1.165, 1.54) is 31.3 Å². The lowest BCUT2D eigenvalue weighted by Crippen LogP contribution is -2.64. The topological polar surface area (TPSA) is 85.7 Å². The van der Waals surface area contributed by atoms with Crippen molar-refractivity contribution in [3.05, 3.63) is 71.3 Å². The Kier molecular flexibility index (Phi) is 5.80. The van der Waals surface area contributed by atoms with E-state index in [1.54, 1.807) is 54.9 Å². The van der Waals surface area contributed by atoms with Gasteiger partial charge in [0.25, 0.3) is 5.91 Å². The number of methoxy groups -OCH3 is 2. The fourth-order valence-electron chi connectivity index (χ4n) is 4.03. The van der Waals surface area contributed by atoms with Gasteiger partial charge in [0.1, 0.15) is 28.5 Å². The van der Waals surface area contributed by atoms with Crippen molar-refractivity contribution in [2.24, 2.45) is 0 Å². The van der Waals surface area contributed by atoms with Crippen LogP contribution in [0.5, 0.6) is 11.5 Å². The molecular formula is C24H25FN4O4. The number of aryl methyl sites for hydroxylation is 1. The number of benzene rings is 2. The van der Waals surface area contributed by atoms with Crippen molar-refractivity contribution < 1.29 is 23.5 Å². The first-order valence-corrected chi connectivity index (χ1v) is 10.4. The smallest absolute Gasteiger partial charge is 0.277 e. The third-order valence-corrected chi connectivity index (χ3v) is 5.76. The van der Waals surface area contributed by atoms with Gasteiger partial charge in [-0.25, -0.2) is 4.39 Å². The van der Waals surface area contributed by atoms with Crippen LogP contribution in [0.3, 0.4) is 0 Å². The van der Waals surface area contributed by atoms with Crippen molar-refractivity contribution in [2.75, 3.05) is 19.1 Å². The summed E-state index contributed by atoms with van der Waals surface area (Å²) in [5.41, 5.74) is 0.919. The highest BCUT2D eigenvalue weighted by Crippen LogP contribution is 2.39. The van der Waals surface area contributed by atoms with Crippen LogP contribution >= 0.6 is 0 Å². The molecule has 0 fully saturated rings.